The van der Waals surface area contributed by atoms with Gasteiger partial charge in [-0.2, -0.15) is 5.10 Å². The lowest BCUT2D eigenvalue weighted by atomic mass is 10.1. The quantitative estimate of drug-likeness (QED) is 0.850. The average Bonchev–Trinajstić information content (AvgIpc) is 2.90. The number of amides is 2. The third-order valence-corrected chi connectivity index (χ3v) is 3.73. The van der Waals surface area contributed by atoms with Gasteiger partial charge in [0, 0.05) is 24.8 Å². The number of hydrogen-bond acceptors (Lipinski definition) is 3. The van der Waals surface area contributed by atoms with Crippen molar-refractivity contribution in [2.45, 2.75) is 12.6 Å². The third-order valence-electron chi connectivity index (χ3n) is 3.48. The SMILES string of the molecule is CN(C)CC(NC(=O)NCc1ccnn1C)c1ccc(Cl)cc1. The first-order chi connectivity index (χ1) is 11.0. The number of nitrogens with one attached hydrogen (secondary N) is 2. The molecule has 1 aromatic heterocycles. The predicted octanol–water partition coefficient (Wildman–Crippen LogP) is 2.18. The Kier molecular flexibility index (Phi) is 6.01. The van der Waals surface area contributed by atoms with Crippen molar-refractivity contribution >= 4 is 17.6 Å². The molecule has 23 heavy (non-hydrogen) atoms. The molecule has 0 aliphatic carbocycles. The number of urea groups is 1. The second-order valence-corrected chi connectivity index (χ2v) is 6.08. The summed E-state index contributed by atoms with van der Waals surface area (Å²) in [6, 6.07) is 9.05. The lowest BCUT2D eigenvalue weighted by Gasteiger charge is -2.23. The maximum Gasteiger partial charge on any atom is 0.315 e. The van der Waals surface area contributed by atoms with E-state index in [2.05, 4.69) is 15.7 Å². The molecule has 0 aliphatic heterocycles. The predicted molar refractivity (Wildman–Crippen MR) is 91.3 cm³/mol. The van der Waals surface area contributed by atoms with Crippen LogP contribution < -0.4 is 10.6 Å². The monoisotopic (exact) mass is 335 g/mol. The number of halogens is 1. The molecule has 0 saturated carbocycles. The Bertz CT molecular complexity index is 638. The highest BCUT2D eigenvalue weighted by Gasteiger charge is 2.15. The second-order valence-electron chi connectivity index (χ2n) is 5.64. The first-order valence-corrected chi connectivity index (χ1v) is 7.75. The van der Waals surface area contributed by atoms with Crippen LogP contribution in [0, 0.1) is 0 Å². The van der Waals surface area contributed by atoms with Crippen molar-refractivity contribution in [3.8, 4) is 0 Å². The first-order valence-electron chi connectivity index (χ1n) is 7.37. The van der Waals surface area contributed by atoms with Gasteiger partial charge in [0.2, 0.25) is 0 Å². The van der Waals surface area contributed by atoms with E-state index in [0.29, 0.717) is 18.1 Å². The highest BCUT2D eigenvalue weighted by molar-refractivity contribution is 6.30. The van der Waals surface area contributed by atoms with E-state index in [1.54, 1.807) is 10.9 Å². The molecule has 6 nitrogen and oxygen atoms in total. The van der Waals surface area contributed by atoms with Crippen molar-refractivity contribution in [3.05, 3.63) is 52.8 Å². The van der Waals surface area contributed by atoms with Crippen LogP contribution in [0.4, 0.5) is 4.79 Å². The van der Waals surface area contributed by atoms with Crippen molar-refractivity contribution in [1.29, 1.82) is 0 Å². The molecule has 2 amide bonds. The van der Waals surface area contributed by atoms with Gasteiger partial charge in [-0.3, -0.25) is 4.68 Å². The fourth-order valence-corrected chi connectivity index (χ4v) is 2.38. The smallest absolute Gasteiger partial charge is 0.315 e. The number of aromatic nitrogens is 2. The summed E-state index contributed by atoms with van der Waals surface area (Å²) in [6.07, 6.45) is 1.71. The van der Waals surface area contributed by atoms with Gasteiger partial charge in [-0.05, 0) is 37.9 Å². The Balaban J connectivity index is 1.98. The molecule has 0 spiro atoms. The Hall–Kier alpha value is -2.05. The highest BCUT2D eigenvalue weighted by Crippen LogP contribution is 2.17. The van der Waals surface area contributed by atoms with E-state index >= 15 is 0 Å². The van der Waals surface area contributed by atoms with Gasteiger partial charge < -0.3 is 15.5 Å². The molecule has 1 unspecified atom stereocenters. The number of nitrogens with zero attached hydrogens (tertiary/aromatic N) is 3. The van der Waals surface area contributed by atoms with E-state index in [1.165, 1.54) is 0 Å². The standard InChI is InChI=1S/C16H22ClN5O/c1-21(2)11-15(12-4-6-13(17)7-5-12)20-16(23)18-10-14-8-9-19-22(14)3/h4-9,15H,10-11H2,1-3H3,(H2,18,20,23). The largest absolute Gasteiger partial charge is 0.333 e. The summed E-state index contributed by atoms with van der Waals surface area (Å²) in [5.41, 5.74) is 1.95. The molecule has 2 aromatic rings. The number of likely N-dealkylation sites (N-methyl/N-ethyl adjacent to an activating group) is 1. The van der Waals surface area contributed by atoms with Gasteiger partial charge in [-0.15, -0.1) is 0 Å². The maximum absolute atomic E-state index is 12.2. The van der Waals surface area contributed by atoms with Gasteiger partial charge in [-0.25, -0.2) is 4.79 Å². The molecule has 124 valence electrons. The molecule has 0 radical (unpaired) electrons. The average molecular weight is 336 g/mol. The molecule has 0 bridgehead atoms. The number of rotatable bonds is 6. The third kappa shape index (κ3) is 5.26. The van der Waals surface area contributed by atoms with Crippen LogP contribution in [-0.2, 0) is 13.6 Å². The maximum atomic E-state index is 12.2. The highest BCUT2D eigenvalue weighted by atomic mass is 35.5. The first kappa shape index (κ1) is 17.3. The van der Waals surface area contributed by atoms with Gasteiger partial charge in [0.25, 0.3) is 0 Å². The van der Waals surface area contributed by atoms with E-state index in [-0.39, 0.29) is 12.1 Å². The summed E-state index contributed by atoms with van der Waals surface area (Å²) in [6.45, 7) is 1.12. The van der Waals surface area contributed by atoms with Crippen LogP contribution in [0.25, 0.3) is 0 Å². The van der Waals surface area contributed by atoms with Crippen LogP contribution in [-0.4, -0.2) is 41.4 Å². The fraction of sp³-hybridized carbons (Fsp3) is 0.375. The van der Waals surface area contributed by atoms with Crippen LogP contribution in [0.5, 0.6) is 0 Å². The Morgan fingerprint density at radius 3 is 2.57 bits per heavy atom. The van der Waals surface area contributed by atoms with E-state index in [9.17, 15) is 4.79 Å². The van der Waals surface area contributed by atoms with Gasteiger partial charge in [0.05, 0.1) is 18.3 Å². The van der Waals surface area contributed by atoms with E-state index in [1.807, 2.05) is 56.4 Å². The van der Waals surface area contributed by atoms with Crippen LogP contribution in [0.1, 0.15) is 17.3 Å². The molecule has 0 saturated heterocycles. The molecule has 2 N–H and O–H groups in total. The minimum absolute atomic E-state index is 0.117. The minimum Gasteiger partial charge on any atom is -0.333 e. The van der Waals surface area contributed by atoms with Crippen molar-refractivity contribution in [2.24, 2.45) is 7.05 Å². The van der Waals surface area contributed by atoms with E-state index in [0.717, 1.165) is 11.3 Å². The molecule has 1 atom stereocenters. The van der Waals surface area contributed by atoms with Crippen molar-refractivity contribution < 1.29 is 4.79 Å². The number of aryl methyl sites for hydroxylation is 1. The van der Waals surface area contributed by atoms with Crippen molar-refractivity contribution in [1.82, 2.24) is 25.3 Å². The van der Waals surface area contributed by atoms with Crippen LogP contribution in [0.2, 0.25) is 5.02 Å². The summed E-state index contributed by atoms with van der Waals surface area (Å²) in [5, 5.41) is 10.6. The van der Waals surface area contributed by atoms with Crippen molar-refractivity contribution in [3.63, 3.8) is 0 Å². The minimum atomic E-state index is -0.215. The zero-order valence-corrected chi connectivity index (χ0v) is 14.3. The fourth-order valence-electron chi connectivity index (χ4n) is 2.25. The number of carbonyl (C=O) groups is 1. The summed E-state index contributed by atoms with van der Waals surface area (Å²) in [7, 11) is 5.79. The zero-order valence-electron chi connectivity index (χ0n) is 13.6. The number of hydrogen-bond donors (Lipinski definition) is 2. The Morgan fingerprint density at radius 2 is 2.00 bits per heavy atom. The van der Waals surface area contributed by atoms with Gasteiger partial charge in [-0.1, -0.05) is 23.7 Å². The molecular weight excluding hydrogens is 314 g/mol. The molecule has 7 heteroatoms. The van der Waals surface area contributed by atoms with Crippen LogP contribution in [0.15, 0.2) is 36.5 Å². The number of benzene rings is 1. The van der Waals surface area contributed by atoms with E-state index < -0.39 is 0 Å². The zero-order chi connectivity index (χ0) is 16.8. The van der Waals surface area contributed by atoms with Gasteiger partial charge >= 0.3 is 6.03 Å². The lowest BCUT2D eigenvalue weighted by molar-refractivity contribution is 0.232. The molecule has 0 aliphatic rings. The van der Waals surface area contributed by atoms with Crippen molar-refractivity contribution in [2.75, 3.05) is 20.6 Å². The van der Waals surface area contributed by atoms with Gasteiger partial charge in [0.15, 0.2) is 0 Å². The lowest BCUT2D eigenvalue weighted by Crippen LogP contribution is -2.41. The molecule has 1 heterocycles. The molecule has 0 fully saturated rings. The molecular formula is C16H22ClN5O. The normalized spacial score (nSPS) is 12.2. The Morgan fingerprint density at radius 1 is 1.30 bits per heavy atom. The summed E-state index contributed by atoms with van der Waals surface area (Å²) >= 11 is 5.93. The summed E-state index contributed by atoms with van der Waals surface area (Å²) in [4.78, 5) is 14.2. The topological polar surface area (TPSA) is 62.2 Å². The van der Waals surface area contributed by atoms with Gasteiger partial charge in [0.1, 0.15) is 0 Å². The second kappa shape index (κ2) is 7.99. The van der Waals surface area contributed by atoms with E-state index in [4.69, 9.17) is 11.6 Å². The summed E-state index contributed by atoms with van der Waals surface area (Å²) < 4.78 is 1.73. The summed E-state index contributed by atoms with van der Waals surface area (Å²) in [5.74, 6) is 0. The Labute approximate surface area is 141 Å². The molecule has 2 rings (SSSR count). The van der Waals surface area contributed by atoms with Crippen LogP contribution >= 0.6 is 11.6 Å². The number of carbonyl (C=O) groups excluding carboxylic acids is 1. The van der Waals surface area contributed by atoms with Crippen LogP contribution in [0.3, 0.4) is 0 Å². The molecule has 1 aromatic carbocycles.